The number of carbonyl (C=O) groups excluding carboxylic acids is 4. The van der Waals surface area contributed by atoms with Gasteiger partial charge in [0.1, 0.15) is 0 Å². The summed E-state index contributed by atoms with van der Waals surface area (Å²) in [5.41, 5.74) is 7.53. The number of ether oxygens (including phenoxy) is 1. The smallest absolute Gasteiger partial charge is 0.346 e. The summed E-state index contributed by atoms with van der Waals surface area (Å²) < 4.78 is 48.1. The fourth-order valence-electron chi connectivity index (χ4n) is 3.90. The second kappa shape index (κ2) is 11.9. The zero-order valence-corrected chi connectivity index (χ0v) is 23.5. The molecule has 0 saturated carbocycles. The van der Waals surface area contributed by atoms with Gasteiger partial charge in [-0.25, -0.2) is 41.6 Å². The van der Waals surface area contributed by atoms with Crippen molar-refractivity contribution in [1.29, 1.82) is 0 Å². The van der Waals surface area contributed by atoms with Crippen LogP contribution in [-0.2, 0) is 24.8 Å². The minimum Gasteiger partial charge on any atom is -0.399 e. The number of nitrogens with zero attached hydrogens (tertiary/aromatic N) is 1. The van der Waals surface area contributed by atoms with Gasteiger partial charge in [0.2, 0.25) is 20.0 Å². The second-order valence-corrected chi connectivity index (χ2v) is 12.0. The molecule has 6 rings (SSSR count). The molecule has 15 heteroatoms. The lowest BCUT2D eigenvalue weighted by Crippen LogP contribution is -2.29. The van der Waals surface area contributed by atoms with Crippen molar-refractivity contribution < 1.29 is 40.8 Å². The Morgan fingerprint density at radius 3 is 1.23 bits per heavy atom. The highest BCUT2D eigenvalue weighted by Crippen LogP contribution is 2.28. The SMILES string of the molecule is NS(=O)(=O)c1ccc(N2C(=O)c3ccccc3C2=O)cc1.Nc1ccc(S(N)(=O)=O)cc1.O=C1OC(=O)c2ccccc21. The lowest BCUT2D eigenvalue weighted by Gasteiger charge is -2.14. The number of anilines is 2. The minimum absolute atomic E-state index is 0.0756. The summed E-state index contributed by atoms with van der Waals surface area (Å²) in [5, 5.41) is 9.85. The van der Waals surface area contributed by atoms with Gasteiger partial charge in [0.25, 0.3) is 11.8 Å². The molecule has 0 aromatic heterocycles. The van der Waals surface area contributed by atoms with Crippen LogP contribution in [0.5, 0.6) is 0 Å². The van der Waals surface area contributed by atoms with E-state index in [-0.39, 0.29) is 9.79 Å². The quantitative estimate of drug-likeness (QED) is 0.130. The van der Waals surface area contributed by atoms with Crippen LogP contribution in [0.2, 0.25) is 0 Å². The van der Waals surface area contributed by atoms with Crippen molar-refractivity contribution in [3.8, 4) is 0 Å². The van der Waals surface area contributed by atoms with Crippen LogP contribution in [0, 0.1) is 0 Å². The summed E-state index contributed by atoms with van der Waals surface area (Å²) in [5.74, 6) is -1.96. The van der Waals surface area contributed by atoms with Gasteiger partial charge in [-0.1, -0.05) is 24.3 Å². The average molecular weight is 623 g/mol. The van der Waals surface area contributed by atoms with Crippen molar-refractivity contribution in [2.45, 2.75) is 9.79 Å². The lowest BCUT2D eigenvalue weighted by molar-refractivity contribution is 0.0443. The van der Waals surface area contributed by atoms with Gasteiger partial charge in [-0.15, -0.1) is 0 Å². The number of carbonyl (C=O) groups is 4. The number of nitrogen functional groups attached to an aromatic ring is 1. The molecule has 4 aromatic carbocycles. The molecule has 2 heterocycles. The summed E-state index contributed by atoms with van der Waals surface area (Å²) in [6.45, 7) is 0. The van der Waals surface area contributed by atoms with Crippen molar-refractivity contribution >= 4 is 55.2 Å². The number of amides is 2. The van der Waals surface area contributed by atoms with E-state index in [9.17, 15) is 36.0 Å². The van der Waals surface area contributed by atoms with Crippen LogP contribution >= 0.6 is 0 Å². The van der Waals surface area contributed by atoms with Crippen molar-refractivity contribution in [2.24, 2.45) is 10.3 Å². The molecule has 2 aliphatic heterocycles. The third-order valence-corrected chi connectivity index (χ3v) is 7.84. The fraction of sp³-hybridized carbons (Fsp3) is 0. The van der Waals surface area contributed by atoms with E-state index in [2.05, 4.69) is 4.74 Å². The van der Waals surface area contributed by atoms with Crippen LogP contribution in [0.25, 0.3) is 0 Å². The van der Waals surface area contributed by atoms with E-state index in [0.29, 0.717) is 33.6 Å². The van der Waals surface area contributed by atoms with Crippen LogP contribution in [0.1, 0.15) is 41.4 Å². The van der Waals surface area contributed by atoms with Gasteiger partial charge >= 0.3 is 11.9 Å². The molecule has 220 valence electrons. The van der Waals surface area contributed by atoms with Gasteiger partial charge in [0, 0.05) is 5.69 Å². The maximum Gasteiger partial charge on any atom is 0.346 e. The highest BCUT2D eigenvalue weighted by molar-refractivity contribution is 7.89. The van der Waals surface area contributed by atoms with Crippen molar-refractivity contribution in [3.05, 3.63) is 119 Å². The maximum atomic E-state index is 12.3. The number of rotatable bonds is 3. The number of sulfonamides is 2. The van der Waals surface area contributed by atoms with Gasteiger partial charge in [-0.2, -0.15) is 0 Å². The first kappa shape index (κ1) is 30.7. The standard InChI is InChI=1S/C14H10N2O4S.C8H4O3.C6H8N2O2S/c15-21(19,20)10-7-5-9(6-8-10)16-13(17)11-3-1-2-4-12(11)14(16)18;9-7-5-3-1-2-4-6(5)8(10)11-7;7-5-1-3-6(4-2-5)11(8,9)10/h1-8H,(H2,15,19,20);1-4H;1-4H,7H2,(H2,8,9,10). The van der Waals surface area contributed by atoms with E-state index in [1.807, 2.05) is 0 Å². The first-order valence-corrected chi connectivity index (χ1v) is 15.1. The number of esters is 2. The Balaban J connectivity index is 0.000000162. The molecular weight excluding hydrogens is 600 g/mol. The molecule has 2 amide bonds. The zero-order chi connectivity index (χ0) is 31.5. The molecule has 0 atom stereocenters. The predicted molar refractivity (Wildman–Crippen MR) is 154 cm³/mol. The number of imide groups is 1. The molecule has 0 saturated heterocycles. The first-order chi connectivity index (χ1) is 20.2. The van der Waals surface area contributed by atoms with E-state index in [0.717, 1.165) is 4.90 Å². The number of benzene rings is 4. The highest BCUT2D eigenvalue weighted by Gasteiger charge is 2.36. The van der Waals surface area contributed by atoms with E-state index >= 15 is 0 Å². The van der Waals surface area contributed by atoms with Gasteiger partial charge < -0.3 is 10.5 Å². The number of hydrogen-bond donors (Lipinski definition) is 3. The summed E-state index contributed by atoms with van der Waals surface area (Å²) in [7, 11) is -7.39. The molecule has 0 spiro atoms. The Morgan fingerprint density at radius 1 is 0.512 bits per heavy atom. The normalized spacial score (nSPS) is 13.7. The Bertz CT molecular complexity index is 1910. The number of nitrogens with two attached hydrogens (primary N) is 3. The molecule has 0 bridgehead atoms. The Morgan fingerprint density at radius 2 is 0.860 bits per heavy atom. The predicted octanol–water partition coefficient (Wildman–Crippen LogP) is 2.05. The summed E-state index contributed by atoms with van der Waals surface area (Å²) in [6.07, 6.45) is 0. The molecule has 0 aliphatic carbocycles. The third kappa shape index (κ3) is 6.82. The summed E-state index contributed by atoms with van der Waals surface area (Å²) in [6, 6.07) is 24.0. The van der Waals surface area contributed by atoms with Crippen LogP contribution < -0.4 is 20.9 Å². The molecule has 0 unspecified atom stereocenters. The van der Waals surface area contributed by atoms with Crippen LogP contribution in [0.3, 0.4) is 0 Å². The minimum atomic E-state index is -3.81. The fourth-order valence-corrected chi connectivity index (χ4v) is 4.93. The second-order valence-electron chi connectivity index (χ2n) is 8.87. The molecule has 0 fully saturated rings. The van der Waals surface area contributed by atoms with E-state index in [4.69, 9.17) is 16.0 Å². The first-order valence-electron chi connectivity index (χ1n) is 12.0. The van der Waals surface area contributed by atoms with Crippen LogP contribution in [0.15, 0.2) is 107 Å². The van der Waals surface area contributed by atoms with Crippen molar-refractivity contribution in [3.63, 3.8) is 0 Å². The van der Waals surface area contributed by atoms with Gasteiger partial charge in [-0.3, -0.25) is 9.59 Å². The third-order valence-electron chi connectivity index (χ3n) is 5.98. The van der Waals surface area contributed by atoms with E-state index in [1.165, 1.54) is 48.5 Å². The highest BCUT2D eigenvalue weighted by atomic mass is 32.2. The number of cyclic esters (lactones) is 2. The lowest BCUT2D eigenvalue weighted by atomic mass is 10.1. The molecule has 13 nitrogen and oxygen atoms in total. The summed E-state index contributed by atoms with van der Waals surface area (Å²) in [4.78, 5) is 47.2. The maximum absolute atomic E-state index is 12.3. The Labute approximate surface area is 245 Å². The monoisotopic (exact) mass is 622 g/mol. The topological polar surface area (TPSA) is 227 Å². The molecular formula is C28H22N4O9S2. The van der Waals surface area contributed by atoms with Crippen LogP contribution in [-0.4, -0.2) is 40.6 Å². The molecule has 2 aliphatic rings. The number of fused-ring (bicyclic) bond motifs is 2. The number of hydrogen-bond acceptors (Lipinski definition) is 10. The number of primary sulfonamides is 2. The molecule has 43 heavy (non-hydrogen) atoms. The molecule has 4 aromatic rings. The Hall–Kier alpha value is -5.22. The largest absolute Gasteiger partial charge is 0.399 e. The zero-order valence-electron chi connectivity index (χ0n) is 21.9. The van der Waals surface area contributed by atoms with Gasteiger partial charge in [0.05, 0.1) is 37.7 Å². The summed E-state index contributed by atoms with van der Waals surface area (Å²) >= 11 is 0. The average Bonchev–Trinajstić information content (AvgIpc) is 3.40. The van der Waals surface area contributed by atoms with E-state index < -0.39 is 43.8 Å². The molecule has 0 radical (unpaired) electrons. The van der Waals surface area contributed by atoms with E-state index in [1.54, 1.807) is 48.5 Å². The van der Waals surface area contributed by atoms with Crippen molar-refractivity contribution in [2.75, 3.05) is 10.6 Å². The Kier molecular flexibility index (Phi) is 8.54. The van der Waals surface area contributed by atoms with Crippen LogP contribution in [0.4, 0.5) is 11.4 Å². The van der Waals surface area contributed by atoms with Gasteiger partial charge in [-0.05, 0) is 72.8 Å². The molecule has 6 N–H and O–H groups in total. The van der Waals surface area contributed by atoms with Gasteiger partial charge in [0.15, 0.2) is 0 Å². The van der Waals surface area contributed by atoms with Crippen molar-refractivity contribution in [1.82, 2.24) is 0 Å².